The maximum absolute atomic E-state index is 11.9. The summed E-state index contributed by atoms with van der Waals surface area (Å²) >= 11 is 0.420. The number of aromatic nitrogens is 3. The summed E-state index contributed by atoms with van der Waals surface area (Å²) in [7, 11) is -9.83. The molecule has 0 amide bonds. The molecule has 0 atom stereocenters. The van der Waals surface area contributed by atoms with Crippen LogP contribution in [-0.2, 0) is 29.6 Å². The molecule has 1 heterocycles. The van der Waals surface area contributed by atoms with Crippen LogP contribution in [0, 0.1) is 6.92 Å². The largest absolute Gasteiger partial charge is 1.00 e. The molecule has 3 rings (SSSR count). The summed E-state index contributed by atoms with van der Waals surface area (Å²) in [6.07, 6.45) is 0. The third kappa shape index (κ3) is 12.9. The third-order valence-electron chi connectivity index (χ3n) is 4.98. The van der Waals surface area contributed by atoms with Crippen LogP contribution < -0.4 is 109 Å². The van der Waals surface area contributed by atoms with Crippen molar-refractivity contribution in [2.75, 3.05) is 41.8 Å². The number of aliphatic hydroxyl groups is 2. The van der Waals surface area contributed by atoms with Gasteiger partial charge in [-0.3, -0.25) is 5.04 Å². The summed E-state index contributed by atoms with van der Waals surface area (Å²) in [4.78, 5) is 12.8. The Morgan fingerprint density at radius 1 is 0.860 bits per heavy atom. The van der Waals surface area contributed by atoms with E-state index >= 15 is 0 Å². The van der Waals surface area contributed by atoms with E-state index in [9.17, 15) is 41.4 Å². The second-order valence-electron chi connectivity index (χ2n) is 7.73. The Kier molecular flexibility index (Phi) is 19.4. The fourth-order valence-electron chi connectivity index (χ4n) is 3.30. The number of nitrogens with zero attached hydrogens (tertiary/aromatic N) is 4. The van der Waals surface area contributed by atoms with Gasteiger partial charge in [0.25, 0.3) is 0 Å². The number of aliphatic hydroxyl groups excluding tert-OH is 2. The van der Waals surface area contributed by atoms with Crippen molar-refractivity contribution in [2.24, 2.45) is 0 Å². The smallest absolute Gasteiger partial charge is 0.744 e. The molecule has 0 unspecified atom stereocenters. The predicted molar refractivity (Wildman–Crippen MR) is 134 cm³/mol. The molecule has 3 aromatic rings. The standard InChI is InChI=1S/C20H24N6O11S3.3Na/c1-12-2-3-13(10-17(12)40(33,34)35)21-18-23-19(25-20(24-18)26(6-8-27)7-9-28)22-15-11-14(38-37-36-29)4-5-16(15)39(30,31)32;;;/h2-5,10-11,27-29H,6-9H2,1H3,(H,30,31,32)(H,33,34,35)(H2,21,22,23,24,25);;;/q;3*+1/p-3. The minimum absolute atomic E-state index is 0. The Hall–Kier alpha value is -0.180. The molecule has 0 radical (unpaired) electrons. The molecule has 1 aromatic heterocycles. The van der Waals surface area contributed by atoms with Crippen molar-refractivity contribution >= 4 is 61.5 Å². The molecule has 0 aliphatic rings. The minimum atomic E-state index is -5.02. The quantitative estimate of drug-likeness (QED) is 0.0403. The van der Waals surface area contributed by atoms with E-state index < -0.39 is 30.0 Å². The topological polar surface area (TPSA) is 262 Å². The van der Waals surface area contributed by atoms with Gasteiger partial charge >= 0.3 is 88.7 Å². The summed E-state index contributed by atoms with van der Waals surface area (Å²) in [5.41, 5.74) is -0.0229. The van der Waals surface area contributed by atoms with E-state index in [0.717, 1.165) is 18.2 Å². The summed E-state index contributed by atoms with van der Waals surface area (Å²) in [6, 6.07) is 7.14. The molecule has 218 valence electrons. The average molecular weight is 687 g/mol. The van der Waals surface area contributed by atoms with E-state index in [4.69, 9.17) is 0 Å². The van der Waals surface area contributed by atoms with Gasteiger partial charge in [-0.25, -0.2) is 16.8 Å². The summed E-state index contributed by atoms with van der Waals surface area (Å²) in [5.74, 6) is -0.677. The molecule has 4 N–H and O–H groups in total. The molecule has 43 heavy (non-hydrogen) atoms. The van der Waals surface area contributed by atoms with Crippen LogP contribution in [0.4, 0.5) is 29.2 Å². The summed E-state index contributed by atoms with van der Waals surface area (Å²) < 4.78 is 74.6. The van der Waals surface area contributed by atoms with Crippen molar-refractivity contribution in [3.63, 3.8) is 0 Å². The molecule has 2 aromatic carbocycles. The second kappa shape index (κ2) is 19.5. The van der Waals surface area contributed by atoms with Crippen molar-refractivity contribution in [1.82, 2.24) is 15.0 Å². The Balaban J connectivity index is 0.00000588. The van der Waals surface area contributed by atoms with Gasteiger partial charge in [0.2, 0.25) is 17.8 Å². The molecule has 0 aliphatic carbocycles. The van der Waals surface area contributed by atoms with Crippen LogP contribution >= 0.6 is 12.0 Å². The number of nitrogens with one attached hydrogen (secondary N) is 2. The van der Waals surface area contributed by atoms with Crippen LogP contribution in [0.2, 0.25) is 0 Å². The van der Waals surface area contributed by atoms with Crippen molar-refractivity contribution < 1.29 is 139 Å². The van der Waals surface area contributed by atoms with E-state index in [1.54, 1.807) is 0 Å². The van der Waals surface area contributed by atoms with Crippen molar-refractivity contribution in [3.05, 3.63) is 42.0 Å². The van der Waals surface area contributed by atoms with Crippen molar-refractivity contribution in [3.8, 4) is 0 Å². The molecule has 0 spiro atoms. The molecule has 17 nitrogen and oxygen atoms in total. The number of benzene rings is 2. The Morgan fingerprint density at radius 2 is 1.44 bits per heavy atom. The molecule has 0 saturated carbocycles. The van der Waals surface area contributed by atoms with Gasteiger partial charge in [-0.2, -0.15) is 19.3 Å². The van der Waals surface area contributed by atoms with Gasteiger partial charge in [-0.1, -0.05) is 6.07 Å². The van der Waals surface area contributed by atoms with Gasteiger partial charge in [0.05, 0.1) is 40.7 Å². The molecule has 0 aliphatic heterocycles. The van der Waals surface area contributed by atoms with Crippen LogP contribution in [0.5, 0.6) is 0 Å². The van der Waals surface area contributed by atoms with Gasteiger partial charge < -0.3 is 40.1 Å². The van der Waals surface area contributed by atoms with Crippen LogP contribution in [0.3, 0.4) is 0 Å². The Morgan fingerprint density at radius 3 is 1.98 bits per heavy atom. The zero-order chi connectivity index (χ0) is 29.5. The van der Waals surface area contributed by atoms with E-state index in [-0.39, 0.29) is 155 Å². The Bertz CT molecular complexity index is 1570. The van der Waals surface area contributed by atoms with E-state index in [2.05, 4.69) is 35.0 Å². The number of rotatable bonds is 14. The molecule has 0 fully saturated rings. The van der Waals surface area contributed by atoms with Gasteiger partial charge in [0.1, 0.15) is 20.2 Å². The fraction of sp³-hybridized carbons (Fsp3) is 0.250. The number of hydrogen-bond acceptors (Lipinski definition) is 18. The SMILES string of the molecule is Cc1ccc(Nc2nc(Nc3cc(SOO[O-])ccc3S(=O)(=O)[O-])nc(N(CCO)CCO)n2)cc1S(=O)(=O)[O-].[Na+].[Na+].[Na+]. The van der Waals surface area contributed by atoms with E-state index in [0.29, 0.717) is 12.0 Å². The predicted octanol–water partition coefficient (Wildman–Crippen LogP) is -9.49. The summed E-state index contributed by atoms with van der Waals surface area (Å²) in [5, 5.41) is 37.6. The monoisotopic (exact) mass is 686 g/mol. The minimum Gasteiger partial charge on any atom is -0.744 e. The first-order chi connectivity index (χ1) is 18.8. The van der Waals surface area contributed by atoms with Crippen LogP contribution in [0.25, 0.3) is 0 Å². The molecular formula is C20H21N6Na3O11S3. The normalized spacial score (nSPS) is 11.0. The third-order valence-corrected chi connectivity index (χ3v) is 7.43. The van der Waals surface area contributed by atoms with Crippen LogP contribution in [0.1, 0.15) is 5.56 Å². The van der Waals surface area contributed by atoms with Gasteiger partial charge in [-0.05, 0) is 42.8 Å². The fourth-order valence-corrected chi connectivity index (χ4v) is 5.04. The van der Waals surface area contributed by atoms with E-state index in [1.165, 1.54) is 30.0 Å². The zero-order valence-electron chi connectivity index (χ0n) is 23.4. The number of hydrogen-bond donors (Lipinski definition) is 4. The first kappa shape index (κ1) is 42.8. The number of aryl methyl sites for hydroxylation is 1. The maximum atomic E-state index is 11.9. The maximum Gasteiger partial charge on any atom is 1.00 e. The molecule has 23 heteroatoms. The molecule has 0 bridgehead atoms. The van der Waals surface area contributed by atoms with Crippen LogP contribution in [-0.4, -0.2) is 77.4 Å². The zero-order valence-corrected chi connectivity index (χ0v) is 31.8. The van der Waals surface area contributed by atoms with Gasteiger partial charge in [-0.15, -0.1) is 0 Å². The first-order valence-electron chi connectivity index (χ1n) is 10.9. The van der Waals surface area contributed by atoms with Gasteiger partial charge in [0.15, 0.2) is 0 Å². The first-order valence-corrected chi connectivity index (χ1v) is 14.5. The second-order valence-corrected chi connectivity index (χ2v) is 11.2. The summed E-state index contributed by atoms with van der Waals surface area (Å²) in [6.45, 7) is 0.636. The number of anilines is 5. The van der Waals surface area contributed by atoms with Crippen molar-refractivity contribution in [2.45, 2.75) is 21.6 Å². The Labute approximate surface area is 317 Å². The van der Waals surface area contributed by atoms with E-state index in [1.807, 2.05) is 0 Å². The van der Waals surface area contributed by atoms with Gasteiger partial charge in [0, 0.05) is 23.7 Å². The average Bonchev–Trinajstić information content (AvgIpc) is 2.87. The van der Waals surface area contributed by atoms with Crippen LogP contribution in [0.15, 0.2) is 51.1 Å². The molecular weight excluding hydrogens is 665 g/mol. The van der Waals surface area contributed by atoms with Crippen molar-refractivity contribution in [1.29, 1.82) is 0 Å². The molecule has 0 saturated heterocycles.